The second-order valence-electron chi connectivity index (χ2n) is 4.81. The molecule has 6 heteroatoms. The van der Waals surface area contributed by atoms with Crippen LogP contribution in [0.3, 0.4) is 0 Å². The highest BCUT2D eigenvalue weighted by Crippen LogP contribution is 2.34. The largest absolute Gasteiger partial charge is 0.497 e. The fourth-order valence-corrected chi connectivity index (χ4v) is 2.28. The van der Waals surface area contributed by atoms with Crippen molar-refractivity contribution in [2.24, 2.45) is 0 Å². The van der Waals surface area contributed by atoms with Gasteiger partial charge in [0.25, 0.3) is 5.69 Å². The molecule has 116 valence electrons. The molecule has 0 aromatic heterocycles. The number of hydrogen-bond acceptors (Lipinski definition) is 5. The van der Waals surface area contributed by atoms with E-state index in [4.69, 9.17) is 9.47 Å². The summed E-state index contributed by atoms with van der Waals surface area (Å²) in [5.41, 5.74) is 1.65. The quantitative estimate of drug-likeness (QED) is 0.678. The zero-order valence-corrected chi connectivity index (χ0v) is 12.6. The van der Waals surface area contributed by atoms with Gasteiger partial charge in [-0.2, -0.15) is 0 Å². The van der Waals surface area contributed by atoms with Gasteiger partial charge >= 0.3 is 0 Å². The molecule has 22 heavy (non-hydrogen) atoms. The van der Waals surface area contributed by atoms with Gasteiger partial charge in [0.2, 0.25) is 0 Å². The van der Waals surface area contributed by atoms with E-state index in [2.05, 4.69) is 0 Å². The van der Waals surface area contributed by atoms with Gasteiger partial charge in [-0.15, -0.1) is 0 Å². The van der Waals surface area contributed by atoms with Crippen LogP contribution >= 0.6 is 0 Å². The SMILES string of the molecule is COc1ccc(C(O)c2ccc([N+](=O)[O-])c(C)c2)c(OC)c1. The van der Waals surface area contributed by atoms with E-state index >= 15 is 0 Å². The summed E-state index contributed by atoms with van der Waals surface area (Å²) in [5.74, 6) is 1.11. The number of aliphatic hydroxyl groups is 1. The molecule has 1 unspecified atom stereocenters. The Kier molecular flexibility index (Phi) is 4.62. The highest BCUT2D eigenvalue weighted by atomic mass is 16.6. The van der Waals surface area contributed by atoms with Gasteiger partial charge < -0.3 is 14.6 Å². The lowest BCUT2D eigenvalue weighted by Gasteiger charge is -2.16. The molecular formula is C16H17NO5. The molecule has 6 nitrogen and oxygen atoms in total. The Labute approximate surface area is 128 Å². The number of rotatable bonds is 5. The van der Waals surface area contributed by atoms with Crippen LogP contribution in [0.15, 0.2) is 36.4 Å². The molecule has 2 aromatic carbocycles. The number of methoxy groups -OCH3 is 2. The molecule has 2 rings (SSSR count). The molecule has 1 N–H and O–H groups in total. The molecule has 0 spiro atoms. The Hall–Kier alpha value is -2.60. The van der Waals surface area contributed by atoms with Crippen molar-refractivity contribution in [1.82, 2.24) is 0 Å². The summed E-state index contributed by atoms with van der Waals surface area (Å²) >= 11 is 0. The van der Waals surface area contributed by atoms with Crippen LogP contribution in [0, 0.1) is 17.0 Å². The average molecular weight is 303 g/mol. The van der Waals surface area contributed by atoms with E-state index < -0.39 is 11.0 Å². The highest BCUT2D eigenvalue weighted by molar-refractivity contribution is 5.48. The summed E-state index contributed by atoms with van der Waals surface area (Å²) in [4.78, 5) is 10.4. The lowest BCUT2D eigenvalue weighted by atomic mass is 9.98. The molecule has 0 heterocycles. The summed E-state index contributed by atoms with van der Waals surface area (Å²) in [6.45, 7) is 1.64. The molecule has 0 aliphatic carbocycles. The van der Waals surface area contributed by atoms with Gasteiger partial charge in [0, 0.05) is 23.3 Å². The van der Waals surface area contributed by atoms with Gasteiger partial charge in [0.05, 0.1) is 19.1 Å². The van der Waals surface area contributed by atoms with Gasteiger partial charge in [-0.05, 0) is 36.8 Å². The molecule has 0 saturated carbocycles. The number of nitrogens with zero attached hydrogens (tertiary/aromatic N) is 1. The first kappa shape index (κ1) is 15.8. The van der Waals surface area contributed by atoms with Gasteiger partial charge in [0.1, 0.15) is 17.6 Å². The third-order valence-corrected chi connectivity index (χ3v) is 3.47. The van der Waals surface area contributed by atoms with Gasteiger partial charge in [-0.25, -0.2) is 0 Å². The lowest BCUT2D eigenvalue weighted by molar-refractivity contribution is -0.385. The Bertz CT molecular complexity index is 699. The van der Waals surface area contributed by atoms with E-state index in [9.17, 15) is 15.2 Å². The number of nitro benzene ring substituents is 1. The van der Waals surface area contributed by atoms with Crippen LogP contribution in [-0.2, 0) is 0 Å². The summed E-state index contributed by atoms with van der Waals surface area (Å²) in [5, 5.41) is 21.4. The topological polar surface area (TPSA) is 81.8 Å². The van der Waals surface area contributed by atoms with Crippen molar-refractivity contribution >= 4 is 5.69 Å². The summed E-state index contributed by atoms with van der Waals surface area (Å²) < 4.78 is 10.4. The minimum atomic E-state index is -0.944. The van der Waals surface area contributed by atoms with Crippen molar-refractivity contribution in [1.29, 1.82) is 0 Å². The Balaban J connectivity index is 2.41. The van der Waals surface area contributed by atoms with Crippen LogP contribution in [0.5, 0.6) is 11.5 Å². The molecule has 0 amide bonds. The summed E-state index contributed by atoms with van der Waals surface area (Å²) in [6, 6.07) is 9.64. The lowest BCUT2D eigenvalue weighted by Crippen LogP contribution is -2.04. The second kappa shape index (κ2) is 6.44. The fraction of sp³-hybridized carbons (Fsp3) is 0.250. The Morgan fingerprint density at radius 2 is 1.86 bits per heavy atom. The Morgan fingerprint density at radius 1 is 1.14 bits per heavy atom. The normalized spacial score (nSPS) is 11.8. The van der Waals surface area contributed by atoms with Crippen LogP contribution in [0.25, 0.3) is 0 Å². The molecule has 0 bridgehead atoms. The average Bonchev–Trinajstić information content (AvgIpc) is 2.53. The van der Waals surface area contributed by atoms with Crippen LogP contribution < -0.4 is 9.47 Å². The van der Waals surface area contributed by atoms with E-state index in [0.29, 0.717) is 28.2 Å². The number of aliphatic hydroxyl groups excluding tert-OH is 1. The number of nitro groups is 1. The van der Waals surface area contributed by atoms with Crippen LogP contribution in [0.1, 0.15) is 22.8 Å². The van der Waals surface area contributed by atoms with E-state index in [1.807, 2.05) is 0 Å². The highest BCUT2D eigenvalue weighted by Gasteiger charge is 2.19. The number of hydrogen-bond donors (Lipinski definition) is 1. The van der Waals surface area contributed by atoms with Crippen LogP contribution in [-0.4, -0.2) is 24.2 Å². The van der Waals surface area contributed by atoms with E-state index in [-0.39, 0.29) is 5.69 Å². The van der Waals surface area contributed by atoms with Crippen molar-refractivity contribution in [3.8, 4) is 11.5 Å². The van der Waals surface area contributed by atoms with Crippen molar-refractivity contribution in [2.75, 3.05) is 14.2 Å². The second-order valence-corrected chi connectivity index (χ2v) is 4.81. The van der Waals surface area contributed by atoms with E-state index in [1.54, 1.807) is 44.4 Å². The molecule has 0 aliphatic heterocycles. The minimum Gasteiger partial charge on any atom is -0.497 e. The first-order valence-corrected chi connectivity index (χ1v) is 6.63. The van der Waals surface area contributed by atoms with Crippen molar-refractivity contribution < 1.29 is 19.5 Å². The third-order valence-electron chi connectivity index (χ3n) is 3.47. The van der Waals surface area contributed by atoms with Crippen molar-refractivity contribution in [3.05, 3.63) is 63.2 Å². The predicted molar refractivity (Wildman–Crippen MR) is 81.4 cm³/mol. The first-order valence-electron chi connectivity index (χ1n) is 6.63. The maximum Gasteiger partial charge on any atom is 0.272 e. The van der Waals surface area contributed by atoms with Gasteiger partial charge in [-0.1, -0.05) is 0 Å². The molecule has 2 aromatic rings. The number of benzene rings is 2. The number of ether oxygens (including phenoxy) is 2. The summed E-state index contributed by atoms with van der Waals surface area (Å²) in [6.07, 6.45) is -0.944. The molecule has 0 aliphatic rings. The molecule has 0 saturated heterocycles. The zero-order chi connectivity index (χ0) is 16.3. The monoisotopic (exact) mass is 303 g/mol. The Morgan fingerprint density at radius 3 is 2.41 bits per heavy atom. The maximum atomic E-state index is 10.9. The standard InChI is InChI=1S/C16H17NO5/c1-10-8-11(4-7-14(10)17(19)20)16(18)13-6-5-12(21-2)9-15(13)22-3/h4-9,16,18H,1-3H3. The molecule has 1 atom stereocenters. The molecule has 0 fully saturated rings. The van der Waals surface area contributed by atoms with Gasteiger partial charge in [0.15, 0.2) is 0 Å². The van der Waals surface area contributed by atoms with Crippen LogP contribution in [0.4, 0.5) is 5.69 Å². The maximum absolute atomic E-state index is 10.9. The van der Waals surface area contributed by atoms with Crippen LogP contribution in [0.2, 0.25) is 0 Å². The van der Waals surface area contributed by atoms with E-state index in [1.165, 1.54) is 13.2 Å². The van der Waals surface area contributed by atoms with E-state index in [0.717, 1.165) is 0 Å². The molecule has 0 radical (unpaired) electrons. The zero-order valence-electron chi connectivity index (χ0n) is 12.6. The predicted octanol–water partition coefficient (Wildman–Crippen LogP) is 3.00. The first-order chi connectivity index (χ1) is 10.5. The summed E-state index contributed by atoms with van der Waals surface area (Å²) in [7, 11) is 3.05. The van der Waals surface area contributed by atoms with Gasteiger partial charge in [-0.3, -0.25) is 10.1 Å². The molecular weight excluding hydrogens is 286 g/mol. The smallest absolute Gasteiger partial charge is 0.272 e. The number of aryl methyl sites for hydroxylation is 1. The van der Waals surface area contributed by atoms with Crippen molar-refractivity contribution in [3.63, 3.8) is 0 Å². The minimum absolute atomic E-state index is 0.0256. The fourth-order valence-electron chi connectivity index (χ4n) is 2.28. The van der Waals surface area contributed by atoms with Crippen molar-refractivity contribution in [2.45, 2.75) is 13.0 Å². The third kappa shape index (κ3) is 3.01.